The number of hydrogen-bond acceptors (Lipinski definition) is 10. The van der Waals surface area contributed by atoms with Crippen LogP contribution in [0.2, 0.25) is 0 Å². The number of nitrogens with two attached hydrogens (primary N) is 1. The maximum absolute atomic E-state index is 12.8. The molecule has 4 heterocycles. The predicted octanol–water partition coefficient (Wildman–Crippen LogP) is 3.52. The summed E-state index contributed by atoms with van der Waals surface area (Å²) < 4.78 is 6.10. The van der Waals surface area contributed by atoms with Gasteiger partial charge in [-0.2, -0.15) is 0 Å². The van der Waals surface area contributed by atoms with E-state index < -0.39 is 5.91 Å². The number of hydrogen-bond donors (Lipinski definition) is 2. The fourth-order valence-electron chi connectivity index (χ4n) is 7.26. The minimum absolute atomic E-state index is 0.101. The predicted molar refractivity (Wildman–Crippen MR) is 198 cm³/mol. The SMILES string of the molecule is C=CC(=O)N1CCN(c2nc(Nc3ccc(N4CCC(N5CCN(C)CC5)CC4)cc3)c(C(N)=O)nc2CC)C[C@@H]1COCc1ccccc1. The second-order valence-electron chi connectivity index (χ2n) is 13.5. The number of amides is 2. The molecule has 0 radical (unpaired) electrons. The Labute approximate surface area is 295 Å². The number of piperazine rings is 2. The summed E-state index contributed by atoms with van der Waals surface area (Å²) in [5.41, 5.74) is 9.65. The van der Waals surface area contributed by atoms with Gasteiger partial charge in [-0.1, -0.05) is 43.8 Å². The van der Waals surface area contributed by atoms with E-state index in [-0.39, 0.29) is 17.6 Å². The Balaban J connectivity index is 1.15. The fraction of sp³-hybridized carbons (Fsp3) is 0.474. The Kier molecular flexibility index (Phi) is 11.6. The number of benzene rings is 2. The second kappa shape index (κ2) is 16.5. The number of carbonyl (C=O) groups excluding carboxylic acids is 2. The first-order valence-electron chi connectivity index (χ1n) is 17.9. The van der Waals surface area contributed by atoms with Gasteiger partial charge in [-0.05, 0) is 62.2 Å². The van der Waals surface area contributed by atoms with E-state index in [1.54, 1.807) is 4.90 Å². The van der Waals surface area contributed by atoms with Crippen molar-refractivity contribution in [3.05, 3.63) is 84.2 Å². The minimum Gasteiger partial charge on any atom is -0.375 e. The number of aryl methyl sites for hydroxylation is 1. The lowest BCUT2D eigenvalue weighted by molar-refractivity contribution is -0.130. The van der Waals surface area contributed by atoms with Gasteiger partial charge in [0.05, 0.1) is 24.9 Å². The molecule has 0 saturated carbocycles. The van der Waals surface area contributed by atoms with Gasteiger partial charge < -0.3 is 35.4 Å². The molecule has 2 aromatic carbocycles. The van der Waals surface area contributed by atoms with Crippen molar-refractivity contribution in [1.82, 2.24) is 24.7 Å². The maximum Gasteiger partial charge on any atom is 0.271 e. The van der Waals surface area contributed by atoms with E-state index in [0.29, 0.717) is 62.6 Å². The van der Waals surface area contributed by atoms with Crippen LogP contribution in [0.4, 0.5) is 23.0 Å². The fourth-order valence-corrected chi connectivity index (χ4v) is 7.26. The summed E-state index contributed by atoms with van der Waals surface area (Å²) in [5.74, 6) is 0.203. The average molecular weight is 682 g/mol. The van der Waals surface area contributed by atoms with Crippen LogP contribution in [0, 0.1) is 0 Å². The van der Waals surface area contributed by atoms with Crippen LogP contribution in [0.3, 0.4) is 0 Å². The van der Waals surface area contributed by atoms with Crippen molar-refractivity contribution in [1.29, 1.82) is 0 Å². The number of nitrogens with one attached hydrogen (secondary N) is 1. The van der Waals surface area contributed by atoms with Gasteiger partial charge in [0.25, 0.3) is 5.91 Å². The second-order valence-corrected chi connectivity index (χ2v) is 13.5. The molecule has 3 fully saturated rings. The molecule has 12 heteroatoms. The van der Waals surface area contributed by atoms with Crippen molar-refractivity contribution in [2.75, 3.05) is 87.7 Å². The van der Waals surface area contributed by atoms with Gasteiger partial charge in [-0.3, -0.25) is 14.5 Å². The highest BCUT2D eigenvalue weighted by Crippen LogP contribution is 2.29. The highest BCUT2D eigenvalue weighted by atomic mass is 16.5. The molecule has 0 aliphatic carbocycles. The quantitative estimate of drug-likeness (QED) is 0.275. The molecule has 6 rings (SSSR count). The highest BCUT2D eigenvalue weighted by Gasteiger charge is 2.32. The third-order valence-corrected chi connectivity index (χ3v) is 10.2. The summed E-state index contributed by atoms with van der Waals surface area (Å²) in [5, 5.41) is 3.34. The summed E-state index contributed by atoms with van der Waals surface area (Å²) in [6.45, 7) is 14.7. The first kappa shape index (κ1) is 35.3. The molecular weight excluding hydrogens is 630 g/mol. The smallest absolute Gasteiger partial charge is 0.271 e. The monoisotopic (exact) mass is 681 g/mol. The van der Waals surface area contributed by atoms with Gasteiger partial charge in [0.2, 0.25) is 5.91 Å². The number of likely N-dealkylation sites (N-methyl/N-ethyl adjacent to an activating group) is 1. The number of carbonyl (C=O) groups is 2. The van der Waals surface area contributed by atoms with Crippen LogP contribution < -0.4 is 20.9 Å². The first-order valence-corrected chi connectivity index (χ1v) is 17.9. The van der Waals surface area contributed by atoms with Crippen molar-refractivity contribution < 1.29 is 14.3 Å². The molecule has 1 aromatic heterocycles. The zero-order valence-corrected chi connectivity index (χ0v) is 29.5. The van der Waals surface area contributed by atoms with Crippen LogP contribution in [-0.4, -0.2) is 121 Å². The lowest BCUT2D eigenvalue weighted by Crippen LogP contribution is -2.57. The highest BCUT2D eigenvalue weighted by molar-refractivity contribution is 5.96. The number of aromatic nitrogens is 2. The summed E-state index contributed by atoms with van der Waals surface area (Å²) >= 11 is 0. The van der Waals surface area contributed by atoms with Crippen LogP contribution in [0.25, 0.3) is 0 Å². The van der Waals surface area contributed by atoms with Crippen molar-refractivity contribution >= 4 is 34.8 Å². The first-order chi connectivity index (χ1) is 24.3. The average Bonchev–Trinajstić information content (AvgIpc) is 3.15. The summed E-state index contributed by atoms with van der Waals surface area (Å²) in [6, 6.07) is 18.7. The molecule has 3 aliphatic heterocycles. The zero-order chi connectivity index (χ0) is 35.0. The number of rotatable bonds is 12. The Morgan fingerprint density at radius 2 is 1.66 bits per heavy atom. The van der Waals surface area contributed by atoms with Crippen molar-refractivity contribution in [3.63, 3.8) is 0 Å². The minimum atomic E-state index is -0.644. The van der Waals surface area contributed by atoms with E-state index in [4.69, 9.17) is 20.4 Å². The third-order valence-electron chi connectivity index (χ3n) is 10.2. The lowest BCUT2D eigenvalue weighted by Gasteiger charge is -2.42. The number of ether oxygens (including phenoxy) is 1. The topological polar surface area (TPSA) is 123 Å². The normalized spacial score (nSPS) is 19.4. The molecule has 0 unspecified atom stereocenters. The molecule has 266 valence electrons. The molecule has 3 saturated heterocycles. The van der Waals surface area contributed by atoms with Gasteiger partial charge in [0, 0.05) is 76.3 Å². The van der Waals surface area contributed by atoms with Gasteiger partial charge in [0.15, 0.2) is 17.3 Å². The van der Waals surface area contributed by atoms with Gasteiger partial charge in [-0.15, -0.1) is 0 Å². The molecule has 3 N–H and O–H groups in total. The number of nitrogens with zero attached hydrogens (tertiary/aromatic N) is 7. The number of anilines is 4. The van der Waals surface area contributed by atoms with Crippen molar-refractivity contribution in [3.8, 4) is 0 Å². The van der Waals surface area contributed by atoms with E-state index >= 15 is 0 Å². The lowest BCUT2D eigenvalue weighted by atomic mass is 10.0. The molecule has 0 spiro atoms. The van der Waals surface area contributed by atoms with Crippen LogP contribution in [0.5, 0.6) is 0 Å². The molecule has 0 bridgehead atoms. The number of piperidine rings is 1. The Hall–Kier alpha value is -4.52. The summed E-state index contributed by atoms with van der Waals surface area (Å²) in [4.78, 5) is 46.6. The van der Waals surface area contributed by atoms with Crippen LogP contribution >= 0.6 is 0 Å². The van der Waals surface area contributed by atoms with Gasteiger partial charge in [0.1, 0.15) is 0 Å². The van der Waals surface area contributed by atoms with Crippen molar-refractivity contribution in [2.45, 2.75) is 44.9 Å². The third kappa shape index (κ3) is 8.43. The summed E-state index contributed by atoms with van der Waals surface area (Å²) in [6.07, 6.45) is 4.25. The van der Waals surface area contributed by atoms with E-state index in [1.807, 2.05) is 49.4 Å². The molecular formula is C38H51N9O3. The molecule has 3 aromatic rings. The van der Waals surface area contributed by atoms with Crippen LogP contribution in [0.15, 0.2) is 67.3 Å². The van der Waals surface area contributed by atoms with Gasteiger partial charge >= 0.3 is 0 Å². The summed E-state index contributed by atoms with van der Waals surface area (Å²) in [7, 11) is 2.20. The van der Waals surface area contributed by atoms with Crippen LogP contribution in [0.1, 0.15) is 41.5 Å². The van der Waals surface area contributed by atoms with Crippen LogP contribution in [-0.2, 0) is 22.6 Å². The van der Waals surface area contributed by atoms with E-state index in [1.165, 1.54) is 24.6 Å². The Morgan fingerprint density at radius 3 is 2.32 bits per heavy atom. The van der Waals surface area contributed by atoms with E-state index in [2.05, 4.69) is 50.7 Å². The maximum atomic E-state index is 12.8. The number of primary amides is 1. The molecule has 1 atom stereocenters. The Bertz CT molecular complexity index is 1600. The van der Waals surface area contributed by atoms with E-state index in [9.17, 15) is 9.59 Å². The zero-order valence-electron chi connectivity index (χ0n) is 29.5. The largest absolute Gasteiger partial charge is 0.375 e. The molecule has 12 nitrogen and oxygen atoms in total. The van der Waals surface area contributed by atoms with Gasteiger partial charge in [-0.25, -0.2) is 9.97 Å². The molecule has 3 aliphatic rings. The standard InChI is InChI=1S/C38H51N9O3/c1-4-33-38(46-23-24-47(34(48)5-2)32(25-46)27-50-26-28-9-7-6-8-10-28)42-37(35(41-33)36(39)49)40-29-11-13-30(14-12-29)44-17-15-31(16-18-44)45-21-19-43(3)20-22-45/h5-14,31-32H,2,4,15-27H2,1,3H3,(H2,39,49)(H,40,42)/t32-/m1/s1. The molecule has 50 heavy (non-hydrogen) atoms. The van der Waals surface area contributed by atoms with Crippen molar-refractivity contribution in [2.24, 2.45) is 5.73 Å². The Morgan fingerprint density at radius 1 is 0.940 bits per heavy atom. The van der Waals surface area contributed by atoms with E-state index in [0.717, 1.165) is 50.5 Å². The molecule has 2 amide bonds.